The van der Waals surface area contributed by atoms with Crippen molar-refractivity contribution >= 4 is 23.8 Å². The first-order chi connectivity index (χ1) is 23.9. The number of ether oxygens (including phenoxy) is 1. The summed E-state index contributed by atoms with van der Waals surface area (Å²) < 4.78 is 4.63. The van der Waals surface area contributed by atoms with Crippen molar-refractivity contribution in [2.75, 3.05) is 20.2 Å². The van der Waals surface area contributed by atoms with Crippen molar-refractivity contribution in [2.24, 2.45) is 0 Å². The van der Waals surface area contributed by atoms with Crippen molar-refractivity contribution < 1.29 is 53.4 Å². The van der Waals surface area contributed by atoms with Crippen LogP contribution in [-0.4, -0.2) is 54.5 Å². The van der Waals surface area contributed by atoms with Crippen LogP contribution in [0.2, 0.25) is 0 Å². The normalized spacial score (nSPS) is 10.6. The van der Waals surface area contributed by atoms with E-state index in [4.69, 9.17) is 5.11 Å². The van der Waals surface area contributed by atoms with Crippen LogP contribution in [0.3, 0.4) is 0 Å². The average molecular weight is 717 g/mol. The number of rotatable bonds is 34. The minimum atomic E-state index is -0.675. The van der Waals surface area contributed by atoms with Crippen molar-refractivity contribution in [3.63, 3.8) is 0 Å². The summed E-state index contributed by atoms with van der Waals surface area (Å²) in [6.07, 6.45) is 39.1. The quantitative estimate of drug-likeness (QED) is 0.0272. The van der Waals surface area contributed by atoms with E-state index in [0.29, 0.717) is 38.8 Å². The number of hydrogen-bond acceptors (Lipinski definition) is 6. The molecule has 9 nitrogen and oxygen atoms in total. The molecule has 294 valence electrons. The van der Waals surface area contributed by atoms with E-state index in [0.717, 1.165) is 51.4 Å². The molecule has 0 aliphatic heterocycles. The molecule has 0 aromatic rings. The number of carbonyl (C=O) groups is 4. The van der Waals surface area contributed by atoms with Crippen molar-refractivity contribution in [1.82, 2.24) is 10.6 Å². The number of carboxylic acids is 1. The number of carbonyl (C=O) groups excluding carboxylic acids is 3. The molecule has 0 aliphatic carbocycles. The van der Waals surface area contributed by atoms with Crippen LogP contribution >= 0.6 is 0 Å². The van der Waals surface area contributed by atoms with E-state index in [1.807, 2.05) is 13.8 Å². The van der Waals surface area contributed by atoms with Crippen LogP contribution < -0.4 is 29.5 Å². The van der Waals surface area contributed by atoms with Gasteiger partial charge >= 0.3 is 30.8 Å². The van der Waals surface area contributed by atoms with Gasteiger partial charge in [0.1, 0.15) is 0 Å². The first-order valence-corrected chi connectivity index (χ1v) is 20.0. The Morgan fingerprint density at radius 2 is 0.804 bits per heavy atom. The molecule has 0 bridgehead atoms. The first-order valence-electron chi connectivity index (χ1n) is 20.0. The molecule has 0 rings (SSSR count). The van der Waals surface area contributed by atoms with Crippen LogP contribution in [0.25, 0.3) is 0 Å². The summed E-state index contributed by atoms with van der Waals surface area (Å²) in [5, 5.41) is 14.3. The molecule has 4 N–H and O–H groups in total. The molecule has 0 aromatic heterocycles. The number of hydrogen-bond donors (Lipinski definition) is 3. The van der Waals surface area contributed by atoms with E-state index >= 15 is 0 Å². The van der Waals surface area contributed by atoms with Crippen LogP contribution in [-0.2, 0) is 23.9 Å². The van der Waals surface area contributed by atoms with Crippen LogP contribution in [0.4, 0.5) is 0 Å². The maximum Gasteiger partial charge on any atom is 1.00 e. The van der Waals surface area contributed by atoms with Gasteiger partial charge in [0.2, 0.25) is 11.8 Å². The van der Waals surface area contributed by atoms with E-state index in [1.54, 1.807) is 0 Å². The van der Waals surface area contributed by atoms with Crippen molar-refractivity contribution in [3.05, 3.63) is 24.3 Å². The SMILES string of the molecule is CCCC(=O)NC/C=C\CCCCCCCCCCCCC(=O)O.CCCC(=O)NC/C=C\CCCCCCCCCCCCC(=O)OC.[Li+].[OH-]. The molecule has 0 atom stereocenters. The summed E-state index contributed by atoms with van der Waals surface area (Å²) >= 11 is 0. The van der Waals surface area contributed by atoms with Crippen molar-refractivity contribution in [1.29, 1.82) is 0 Å². The molecule has 0 spiro atoms. The fourth-order valence-electron chi connectivity index (χ4n) is 5.38. The fourth-order valence-corrected chi connectivity index (χ4v) is 5.38. The zero-order chi connectivity index (χ0) is 36.5. The van der Waals surface area contributed by atoms with Crippen LogP contribution in [0, 0.1) is 0 Å². The molecule has 0 aromatic carbocycles. The number of unbranched alkanes of at least 4 members (excludes halogenated alkanes) is 20. The number of nitrogens with one attached hydrogen (secondary N) is 2. The molecule has 51 heavy (non-hydrogen) atoms. The minimum absolute atomic E-state index is 0. The number of methoxy groups -OCH3 is 1. The molecule has 0 fully saturated rings. The molecule has 10 heteroatoms. The van der Waals surface area contributed by atoms with Crippen molar-refractivity contribution in [3.8, 4) is 0 Å². The van der Waals surface area contributed by atoms with Gasteiger partial charge < -0.3 is 26.0 Å². The number of amides is 2. The molecule has 2 amide bonds. The minimum Gasteiger partial charge on any atom is -0.870 e. The first kappa shape index (κ1) is 55.7. The van der Waals surface area contributed by atoms with E-state index in [2.05, 4.69) is 39.7 Å². The van der Waals surface area contributed by atoms with Crippen LogP contribution in [0.5, 0.6) is 0 Å². The number of aliphatic carboxylic acids is 1. The third-order valence-electron chi connectivity index (χ3n) is 8.36. The molecule has 0 unspecified atom stereocenters. The van der Waals surface area contributed by atoms with Gasteiger partial charge in [-0.15, -0.1) is 0 Å². The van der Waals surface area contributed by atoms with Crippen molar-refractivity contribution in [2.45, 2.75) is 194 Å². The van der Waals surface area contributed by atoms with Gasteiger partial charge in [-0.1, -0.05) is 141 Å². The van der Waals surface area contributed by atoms with Gasteiger partial charge in [-0.05, 0) is 51.4 Å². The molecular formula is C41H77LiN2O7. The molecular weight excluding hydrogens is 639 g/mol. The summed E-state index contributed by atoms with van der Waals surface area (Å²) in [7, 11) is 1.45. The summed E-state index contributed by atoms with van der Waals surface area (Å²) in [6.45, 7) is 5.35. The van der Waals surface area contributed by atoms with Gasteiger partial charge in [-0.3, -0.25) is 19.2 Å². The standard InChI is InChI=1S/C21H39NO3.C20H37NO3.Li.H2O/c1-3-17-20(23)22-19-16-14-12-10-8-6-4-5-7-9-11-13-15-18-21(24)25-2;1-2-16-19(22)21-18-15-13-11-9-7-5-3-4-6-8-10-12-14-17-20(23)24;;/h14,16H,3-13,15,17-19H2,1-2H3,(H,22,23);13,15H,2-12,14,16-18H2,1H3,(H,21,22)(H,23,24);;1H2/q;;+1;/p-1/b16-14-;15-13-;;. The average Bonchev–Trinajstić information content (AvgIpc) is 3.08. The maximum atomic E-state index is 11.3. The Bertz CT molecular complexity index is 837. The second kappa shape index (κ2) is 47.9. The summed E-state index contributed by atoms with van der Waals surface area (Å²) in [6, 6.07) is 0. The third kappa shape index (κ3) is 52.4. The van der Waals surface area contributed by atoms with E-state index < -0.39 is 5.97 Å². The zero-order valence-electron chi connectivity index (χ0n) is 33.5. The monoisotopic (exact) mass is 717 g/mol. The number of esters is 1. The molecule has 0 aliphatic rings. The van der Waals surface area contributed by atoms with Crippen LogP contribution in [0.15, 0.2) is 24.3 Å². The second-order valence-corrected chi connectivity index (χ2v) is 13.2. The second-order valence-electron chi connectivity index (χ2n) is 13.2. The Labute approximate surface area is 324 Å². The predicted octanol–water partition coefficient (Wildman–Crippen LogP) is 7.37. The predicted molar refractivity (Wildman–Crippen MR) is 207 cm³/mol. The molecule has 0 saturated heterocycles. The number of allylic oxidation sites excluding steroid dienone is 2. The van der Waals surface area contributed by atoms with E-state index in [9.17, 15) is 19.2 Å². The Kier molecular flexibility index (Phi) is 52.3. The Morgan fingerprint density at radius 3 is 1.12 bits per heavy atom. The largest absolute Gasteiger partial charge is 1.00 e. The van der Waals surface area contributed by atoms with Gasteiger partial charge in [0.15, 0.2) is 0 Å². The van der Waals surface area contributed by atoms with Crippen LogP contribution in [0.1, 0.15) is 194 Å². The number of carboxylic acid groups (broad SMARTS) is 1. The van der Waals surface area contributed by atoms with E-state index in [-0.39, 0.29) is 42.1 Å². The third-order valence-corrected chi connectivity index (χ3v) is 8.36. The smallest absolute Gasteiger partial charge is 0.870 e. The van der Waals surface area contributed by atoms with E-state index in [1.165, 1.54) is 110 Å². The Morgan fingerprint density at radius 1 is 0.490 bits per heavy atom. The Hall–Kier alpha value is -2.08. The Balaban J connectivity index is -0.000000417. The molecule has 0 heterocycles. The molecule has 0 radical (unpaired) electrons. The summed E-state index contributed by atoms with van der Waals surface area (Å²) in [4.78, 5) is 43.8. The topological polar surface area (TPSA) is 152 Å². The van der Waals surface area contributed by atoms with Gasteiger partial charge in [0.05, 0.1) is 7.11 Å². The molecule has 0 saturated carbocycles. The fraction of sp³-hybridized carbons (Fsp3) is 0.805. The zero-order valence-corrected chi connectivity index (χ0v) is 33.5. The summed E-state index contributed by atoms with van der Waals surface area (Å²) in [5.41, 5.74) is 0. The maximum absolute atomic E-state index is 11.3. The van der Waals surface area contributed by atoms with Gasteiger partial charge in [0, 0.05) is 38.8 Å². The van der Waals surface area contributed by atoms with Gasteiger partial charge in [-0.2, -0.15) is 0 Å². The summed E-state index contributed by atoms with van der Waals surface area (Å²) in [5.74, 6) is -0.471. The van der Waals surface area contributed by atoms with Gasteiger partial charge in [-0.25, -0.2) is 0 Å². The van der Waals surface area contributed by atoms with Gasteiger partial charge in [0.25, 0.3) is 0 Å².